The summed E-state index contributed by atoms with van der Waals surface area (Å²) in [5.74, 6) is 0.319. The lowest BCUT2D eigenvalue weighted by atomic mass is 10.2. The summed E-state index contributed by atoms with van der Waals surface area (Å²) in [6, 6.07) is 10.6. The lowest BCUT2D eigenvalue weighted by molar-refractivity contribution is -0.115. The molecule has 3 rings (SSSR count). The lowest BCUT2D eigenvalue weighted by Gasteiger charge is -2.04. The first-order chi connectivity index (χ1) is 12.5. The number of amides is 1. The molecule has 0 saturated carbocycles. The largest absolute Gasteiger partial charge is 0.326 e. The van der Waals surface area contributed by atoms with Crippen LogP contribution in [0.1, 0.15) is 22.6 Å². The van der Waals surface area contributed by atoms with Gasteiger partial charge in [-0.2, -0.15) is 5.26 Å². The smallest absolute Gasteiger partial charge is 0.230 e. The summed E-state index contributed by atoms with van der Waals surface area (Å²) in [7, 11) is 0. The third kappa shape index (κ3) is 4.62. The molecule has 2 aromatic heterocycles. The molecular weight excluding hydrogens is 348 g/mol. The van der Waals surface area contributed by atoms with Crippen molar-refractivity contribution in [3.63, 3.8) is 0 Å². The number of nitrogens with one attached hydrogen (secondary N) is 2. The van der Waals surface area contributed by atoms with Gasteiger partial charge in [0.15, 0.2) is 5.13 Å². The van der Waals surface area contributed by atoms with Gasteiger partial charge in [0.25, 0.3) is 0 Å². The summed E-state index contributed by atoms with van der Waals surface area (Å²) in [6.45, 7) is 3.81. The van der Waals surface area contributed by atoms with Crippen molar-refractivity contribution in [2.75, 3.05) is 10.6 Å². The van der Waals surface area contributed by atoms with Crippen LogP contribution < -0.4 is 10.6 Å². The fourth-order valence-corrected chi connectivity index (χ4v) is 3.02. The van der Waals surface area contributed by atoms with Gasteiger partial charge in [0.05, 0.1) is 23.7 Å². The van der Waals surface area contributed by atoms with Crippen LogP contribution in [0.3, 0.4) is 0 Å². The van der Waals surface area contributed by atoms with Crippen molar-refractivity contribution in [3.8, 4) is 6.07 Å². The number of carbonyl (C=O) groups is 1. The van der Waals surface area contributed by atoms with E-state index in [0.717, 1.165) is 11.4 Å². The Morgan fingerprint density at radius 2 is 1.85 bits per heavy atom. The Morgan fingerprint density at radius 1 is 1.15 bits per heavy atom. The van der Waals surface area contributed by atoms with Crippen molar-refractivity contribution >= 4 is 34.0 Å². The highest BCUT2D eigenvalue weighted by atomic mass is 32.1. The predicted molar refractivity (Wildman–Crippen MR) is 100 cm³/mol. The van der Waals surface area contributed by atoms with E-state index in [1.165, 1.54) is 11.3 Å². The van der Waals surface area contributed by atoms with Crippen molar-refractivity contribution in [2.24, 2.45) is 0 Å². The summed E-state index contributed by atoms with van der Waals surface area (Å²) in [5.41, 5.74) is 3.60. The molecule has 7 nitrogen and oxygen atoms in total. The average Bonchev–Trinajstić information content (AvgIpc) is 3.01. The molecule has 0 atom stereocenters. The quantitative estimate of drug-likeness (QED) is 0.719. The van der Waals surface area contributed by atoms with Gasteiger partial charge in [0, 0.05) is 22.5 Å². The van der Waals surface area contributed by atoms with Crippen LogP contribution in [-0.2, 0) is 11.2 Å². The van der Waals surface area contributed by atoms with Crippen molar-refractivity contribution in [1.82, 2.24) is 15.0 Å². The van der Waals surface area contributed by atoms with Crippen LogP contribution in [0.15, 0.2) is 35.7 Å². The molecule has 0 radical (unpaired) electrons. The molecule has 8 heteroatoms. The molecule has 26 heavy (non-hydrogen) atoms. The number of hydrogen-bond acceptors (Lipinski definition) is 7. The maximum atomic E-state index is 12.1. The van der Waals surface area contributed by atoms with Crippen LogP contribution in [-0.4, -0.2) is 20.9 Å². The first-order valence-corrected chi connectivity index (χ1v) is 8.73. The first kappa shape index (κ1) is 17.5. The summed E-state index contributed by atoms with van der Waals surface area (Å²) in [6.07, 6.45) is 0.159. The zero-order valence-corrected chi connectivity index (χ0v) is 15.1. The van der Waals surface area contributed by atoms with Crippen LogP contribution in [0.2, 0.25) is 0 Å². The molecule has 0 fully saturated rings. The van der Waals surface area contributed by atoms with Gasteiger partial charge in [-0.15, -0.1) is 11.3 Å². The number of nitriles is 1. The van der Waals surface area contributed by atoms with Crippen molar-refractivity contribution in [3.05, 3.63) is 58.4 Å². The summed E-state index contributed by atoms with van der Waals surface area (Å²) in [4.78, 5) is 25.2. The zero-order valence-electron chi connectivity index (χ0n) is 14.3. The Hall–Kier alpha value is -3.31. The lowest BCUT2D eigenvalue weighted by Crippen LogP contribution is -2.14. The van der Waals surface area contributed by atoms with E-state index in [1.54, 1.807) is 24.3 Å². The number of aryl methyl sites for hydroxylation is 2. The molecule has 0 saturated heterocycles. The average molecular weight is 364 g/mol. The van der Waals surface area contributed by atoms with Gasteiger partial charge in [0.2, 0.25) is 11.9 Å². The van der Waals surface area contributed by atoms with Crippen LogP contribution in [0.5, 0.6) is 0 Å². The Balaban J connectivity index is 1.60. The van der Waals surface area contributed by atoms with E-state index in [4.69, 9.17) is 5.26 Å². The molecule has 0 bridgehead atoms. The van der Waals surface area contributed by atoms with E-state index in [1.807, 2.05) is 31.4 Å². The van der Waals surface area contributed by atoms with Crippen molar-refractivity contribution < 1.29 is 4.79 Å². The standard InChI is InChI=1S/C18H16N6OS/c1-11-7-12(2)21-17(20-11)24-18-23-15(10-26-18)8-16(25)22-14-5-3-13(9-19)4-6-14/h3-7,10H,8H2,1-2H3,(H,22,25)(H,20,21,23,24). The number of hydrogen-bond donors (Lipinski definition) is 2. The Labute approximate surface area is 154 Å². The van der Waals surface area contributed by atoms with Gasteiger partial charge in [0.1, 0.15) is 0 Å². The number of nitrogens with zero attached hydrogens (tertiary/aromatic N) is 4. The second-order valence-electron chi connectivity index (χ2n) is 5.66. The molecule has 0 aliphatic rings. The molecule has 0 spiro atoms. The number of rotatable bonds is 5. The fourth-order valence-electron chi connectivity index (χ4n) is 2.32. The van der Waals surface area contributed by atoms with Crippen LogP contribution in [0, 0.1) is 25.2 Å². The van der Waals surface area contributed by atoms with E-state index in [0.29, 0.717) is 28.0 Å². The minimum Gasteiger partial charge on any atom is -0.326 e. The van der Waals surface area contributed by atoms with Crippen LogP contribution in [0.25, 0.3) is 0 Å². The fraction of sp³-hybridized carbons (Fsp3) is 0.167. The van der Waals surface area contributed by atoms with Crippen LogP contribution in [0.4, 0.5) is 16.8 Å². The molecule has 0 aliphatic heterocycles. The molecule has 0 aliphatic carbocycles. The molecule has 1 amide bonds. The maximum Gasteiger partial charge on any atom is 0.230 e. The molecular formula is C18H16N6OS. The van der Waals surface area contributed by atoms with E-state index in [9.17, 15) is 4.79 Å². The highest BCUT2D eigenvalue weighted by Gasteiger charge is 2.09. The third-order valence-corrected chi connectivity index (χ3v) is 4.20. The van der Waals surface area contributed by atoms with E-state index in [-0.39, 0.29) is 12.3 Å². The van der Waals surface area contributed by atoms with E-state index in [2.05, 4.69) is 25.6 Å². The minimum atomic E-state index is -0.172. The molecule has 2 N–H and O–H groups in total. The number of aromatic nitrogens is 3. The van der Waals surface area contributed by atoms with Crippen molar-refractivity contribution in [2.45, 2.75) is 20.3 Å². The molecule has 2 heterocycles. The Kier molecular flexibility index (Phi) is 5.20. The maximum absolute atomic E-state index is 12.1. The second-order valence-corrected chi connectivity index (χ2v) is 6.52. The number of anilines is 3. The zero-order chi connectivity index (χ0) is 18.5. The number of thiazole rings is 1. The molecule has 1 aromatic carbocycles. The van der Waals surface area contributed by atoms with E-state index < -0.39 is 0 Å². The number of carbonyl (C=O) groups excluding carboxylic acids is 1. The van der Waals surface area contributed by atoms with E-state index >= 15 is 0 Å². The monoisotopic (exact) mass is 364 g/mol. The molecule has 0 unspecified atom stereocenters. The van der Waals surface area contributed by atoms with Crippen molar-refractivity contribution in [1.29, 1.82) is 5.26 Å². The van der Waals surface area contributed by atoms with Gasteiger partial charge in [-0.05, 0) is 44.2 Å². The summed E-state index contributed by atoms with van der Waals surface area (Å²) in [5, 5.41) is 17.1. The summed E-state index contributed by atoms with van der Waals surface area (Å²) < 4.78 is 0. The van der Waals surface area contributed by atoms with Gasteiger partial charge in [-0.25, -0.2) is 15.0 Å². The van der Waals surface area contributed by atoms with Gasteiger partial charge in [-0.1, -0.05) is 0 Å². The molecule has 130 valence electrons. The number of benzene rings is 1. The van der Waals surface area contributed by atoms with Crippen LogP contribution >= 0.6 is 11.3 Å². The van der Waals surface area contributed by atoms with Gasteiger partial charge >= 0.3 is 0 Å². The predicted octanol–water partition coefficient (Wildman–Crippen LogP) is 3.35. The SMILES string of the molecule is Cc1cc(C)nc(Nc2nc(CC(=O)Nc3ccc(C#N)cc3)cs2)n1. The molecule has 3 aromatic rings. The van der Waals surface area contributed by atoms with Gasteiger partial charge in [-0.3, -0.25) is 4.79 Å². The van der Waals surface area contributed by atoms with Gasteiger partial charge < -0.3 is 10.6 Å². The Bertz CT molecular complexity index is 954. The normalized spacial score (nSPS) is 10.2. The Morgan fingerprint density at radius 3 is 2.50 bits per heavy atom. The highest BCUT2D eigenvalue weighted by molar-refractivity contribution is 7.13. The third-order valence-electron chi connectivity index (χ3n) is 3.39. The first-order valence-electron chi connectivity index (χ1n) is 7.85. The summed E-state index contributed by atoms with van der Waals surface area (Å²) >= 11 is 1.39. The minimum absolute atomic E-state index is 0.159. The topological polar surface area (TPSA) is 104 Å². The second kappa shape index (κ2) is 7.72. The highest BCUT2D eigenvalue weighted by Crippen LogP contribution is 2.20.